The summed E-state index contributed by atoms with van der Waals surface area (Å²) < 4.78 is 2.06. The fourth-order valence-electron chi connectivity index (χ4n) is 3.60. The molecule has 0 saturated carbocycles. The fourth-order valence-corrected chi connectivity index (χ4v) is 4.75. The van der Waals surface area contributed by atoms with Gasteiger partial charge in [-0.2, -0.15) is 0 Å². The molecule has 0 saturated heterocycles. The van der Waals surface area contributed by atoms with Crippen molar-refractivity contribution in [2.45, 2.75) is 23.8 Å². The molecular formula is C24H19ClN4OS. The monoisotopic (exact) mass is 446 g/mol. The van der Waals surface area contributed by atoms with Crippen LogP contribution in [0.25, 0.3) is 27.6 Å². The second-order valence-corrected chi connectivity index (χ2v) is 8.79. The maximum absolute atomic E-state index is 13.0. The van der Waals surface area contributed by atoms with E-state index in [1.807, 2.05) is 55.5 Å². The van der Waals surface area contributed by atoms with E-state index in [0.29, 0.717) is 11.4 Å². The molecule has 0 aliphatic carbocycles. The van der Waals surface area contributed by atoms with Gasteiger partial charge in [0.05, 0.1) is 21.8 Å². The standard InChI is InChI=1S/C24H19ClN4OS/c1-2-21(23(30)26-16-13-11-15(25)12-14-16)31-24-28-18-8-4-3-7-17(18)22-27-19-9-5-6-10-20(19)29(22)24/h3-14,21H,2H2,1H3,(H,26,30)/t21-/m1/s1. The summed E-state index contributed by atoms with van der Waals surface area (Å²) in [7, 11) is 0. The van der Waals surface area contributed by atoms with Crippen LogP contribution in [0, 0.1) is 0 Å². The molecule has 0 fully saturated rings. The zero-order valence-corrected chi connectivity index (χ0v) is 18.3. The predicted octanol–water partition coefficient (Wildman–Crippen LogP) is 6.20. The van der Waals surface area contributed by atoms with Gasteiger partial charge >= 0.3 is 0 Å². The van der Waals surface area contributed by atoms with Crippen LogP contribution in [-0.2, 0) is 4.79 Å². The summed E-state index contributed by atoms with van der Waals surface area (Å²) in [5.74, 6) is -0.0673. The van der Waals surface area contributed by atoms with Gasteiger partial charge in [-0.3, -0.25) is 9.20 Å². The Morgan fingerprint density at radius 1 is 1.00 bits per heavy atom. The number of halogens is 1. The predicted molar refractivity (Wildman–Crippen MR) is 128 cm³/mol. The number of carbonyl (C=O) groups excluding carboxylic acids is 1. The number of imidazole rings is 1. The van der Waals surface area contributed by atoms with Gasteiger partial charge < -0.3 is 5.32 Å². The number of amides is 1. The smallest absolute Gasteiger partial charge is 0.237 e. The van der Waals surface area contributed by atoms with E-state index in [1.54, 1.807) is 24.3 Å². The molecule has 0 aliphatic heterocycles. The third-order valence-electron chi connectivity index (χ3n) is 5.14. The van der Waals surface area contributed by atoms with Crippen LogP contribution in [-0.4, -0.2) is 25.5 Å². The van der Waals surface area contributed by atoms with Crippen molar-refractivity contribution in [3.8, 4) is 0 Å². The molecule has 5 aromatic rings. The lowest BCUT2D eigenvalue weighted by Gasteiger charge is -2.16. The van der Waals surface area contributed by atoms with Gasteiger partial charge in [0.15, 0.2) is 5.16 Å². The lowest BCUT2D eigenvalue weighted by atomic mass is 10.2. The summed E-state index contributed by atoms with van der Waals surface area (Å²) in [6, 6.07) is 23.1. The largest absolute Gasteiger partial charge is 0.325 e. The van der Waals surface area contributed by atoms with Crippen molar-refractivity contribution in [2.75, 3.05) is 5.32 Å². The number of hydrogen-bond acceptors (Lipinski definition) is 4. The number of anilines is 1. The molecule has 2 aromatic heterocycles. The summed E-state index contributed by atoms with van der Waals surface area (Å²) >= 11 is 7.41. The van der Waals surface area contributed by atoms with Crippen molar-refractivity contribution in [1.82, 2.24) is 14.4 Å². The highest BCUT2D eigenvalue weighted by molar-refractivity contribution is 8.00. The van der Waals surface area contributed by atoms with Crippen LogP contribution < -0.4 is 5.32 Å². The van der Waals surface area contributed by atoms with E-state index in [2.05, 4.69) is 9.72 Å². The molecule has 7 heteroatoms. The van der Waals surface area contributed by atoms with Crippen LogP contribution in [0.3, 0.4) is 0 Å². The number of hydrogen-bond donors (Lipinski definition) is 1. The molecule has 0 spiro atoms. The number of para-hydroxylation sites is 3. The highest BCUT2D eigenvalue weighted by Gasteiger charge is 2.22. The Kier molecular flexibility index (Phi) is 5.26. The quantitative estimate of drug-likeness (QED) is 0.258. The molecule has 1 atom stereocenters. The minimum absolute atomic E-state index is 0.0673. The molecule has 154 valence electrons. The first kappa shape index (κ1) is 19.8. The van der Waals surface area contributed by atoms with Crippen molar-refractivity contribution in [3.63, 3.8) is 0 Å². The zero-order chi connectivity index (χ0) is 21.4. The van der Waals surface area contributed by atoms with E-state index < -0.39 is 0 Å². The number of benzene rings is 3. The lowest BCUT2D eigenvalue weighted by molar-refractivity contribution is -0.115. The summed E-state index contributed by atoms with van der Waals surface area (Å²) in [4.78, 5) is 22.8. The molecular weight excluding hydrogens is 428 g/mol. The second kappa shape index (κ2) is 8.21. The molecule has 31 heavy (non-hydrogen) atoms. The van der Waals surface area contributed by atoms with E-state index in [9.17, 15) is 4.79 Å². The van der Waals surface area contributed by atoms with Crippen molar-refractivity contribution in [1.29, 1.82) is 0 Å². The SMILES string of the molecule is CC[C@@H](Sc1nc2ccccc2c2nc3ccccc3n12)C(=O)Nc1ccc(Cl)cc1. The molecule has 0 radical (unpaired) electrons. The Morgan fingerprint density at radius 3 is 2.48 bits per heavy atom. The second-order valence-electron chi connectivity index (χ2n) is 7.18. The normalized spacial score (nSPS) is 12.5. The number of rotatable bonds is 5. The summed E-state index contributed by atoms with van der Waals surface area (Å²) in [5, 5.41) is 5.05. The van der Waals surface area contributed by atoms with E-state index in [1.165, 1.54) is 11.8 Å². The van der Waals surface area contributed by atoms with Crippen molar-refractivity contribution >= 4 is 62.5 Å². The molecule has 0 unspecified atom stereocenters. The maximum Gasteiger partial charge on any atom is 0.237 e. The van der Waals surface area contributed by atoms with Gasteiger partial charge in [-0.25, -0.2) is 9.97 Å². The Balaban J connectivity index is 1.57. The van der Waals surface area contributed by atoms with Crippen LogP contribution in [0.5, 0.6) is 0 Å². The number of fused-ring (bicyclic) bond motifs is 5. The number of thioether (sulfide) groups is 1. The Labute approximate surface area is 188 Å². The zero-order valence-electron chi connectivity index (χ0n) is 16.7. The molecule has 5 nitrogen and oxygen atoms in total. The van der Waals surface area contributed by atoms with E-state index in [0.717, 1.165) is 38.4 Å². The van der Waals surface area contributed by atoms with Gasteiger partial charge in [0.25, 0.3) is 0 Å². The Hall–Kier alpha value is -3.09. The van der Waals surface area contributed by atoms with Crippen molar-refractivity contribution in [3.05, 3.63) is 77.8 Å². The summed E-state index contributed by atoms with van der Waals surface area (Å²) in [6.07, 6.45) is 0.659. The molecule has 0 aliphatic rings. The fraction of sp³-hybridized carbons (Fsp3) is 0.125. The third kappa shape index (κ3) is 3.73. The number of carbonyl (C=O) groups is 1. The molecule has 1 N–H and O–H groups in total. The number of nitrogens with one attached hydrogen (secondary N) is 1. The first-order valence-electron chi connectivity index (χ1n) is 10.0. The van der Waals surface area contributed by atoms with Crippen molar-refractivity contribution < 1.29 is 4.79 Å². The average molecular weight is 447 g/mol. The van der Waals surface area contributed by atoms with Crippen LogP contribution in [0.4, 0.5) is 5.69 Å². The summed E-state index contributed by atoms with van der Waals surface area (Å²) in [5.41, 5.74) is 4.31. The topological polar surface area (TPSA) is 59.3 Å². The van der Waals surface area contributed by atoms with E-state index >= 15 is 0 Å². The Bertz CT molecular complexity index is 1410. The highest BCUT2D eigenvalue weighted by atomic mass is 35.5. The van der Waals surface area contributed by atoms with Gasteiger partial charge in [-0.05, 0) is 55.0 Å². The van der Waals surface area contributed by atoms with Gasteiger partial charge in [0.1, 0.15) is 5.65 Å². The third-order valence-corrected chi connectivity index (χ3v) is 6.70. The molecule has 5 rings (SSSR count). The van der Waals surface area contributed by atoms with E-state index in [-0.39, 0.29) is 11.2 Å². The van der Waals surface area contributed by atoms with Crippen molar-refractivity contribution in [2.24, 2.45) is 0 Å². The minimum Gasteiger partial charge on any atom is -0.325 e. The molecule has 1 amide bonds. The highest BCUT2D eigenvalue weighted by Crippen LogP contribution is 2.32. The van der Waals surface area contributed by atoms with Gasteiger partial charge in [0.2, 0.25) is 5.91 Å². The minimum atomic E-state index is -0.311. The molecule has 0 bridgehead atoms. The van der Waals surface area contributed by atoms with Gasteiger partial charge in [0, 0.05) is 16.1 Å². The van der Waals surface area contributed by atoms with Crippen LogP contribution in [0.15, 0.2) is 78.0 Å². The molecule has 2 heterocycles. The lowest BCUT2D eigenvalue weighted by Crippen LogP contribution is -2.25. The van der Waals surface area contributed by atoms with Crippen LogP contribution in [0.2, 0.25) is 5.02 Å². The first-order valence-corrected chi connectivity index (χ1v) is 11.3. The molecule has 3 aromatic carbocycles. The number of nitrogens with zero attached hydrogens (tertiary/aromatic N) is 3. The van der Waals surface area contributed by atoms with E-state index in [4.69, 9.17) is 21.6 Å². The van der Waals surface area contributed by atoms with Crippen LogP contribution >= 0.6 is 23.4 Å². The maximum atomic E-state index is 13.0. The summed E-state index contributed by atoms with van der Waals surface area (Å²) in [6.45, 7) is 2.00. The van der Waals surface area contributed by atoms with Gasteiger partial charge in [-0.1, -0.05) is 54.6 Å². The first-order chi connectivity index (χ1) is 15.1. The number of aromatic nitrogens is 3. The van der Waals surface area contributed by atoms with Crippen LogP contribution in [0.1, 0.15) is 13.3 Å². The Morgan fingerprint density at radius 2 is 1.71 bits per heavy atom. The van der Waals surface area contributed by atoms with Gasteiger partial charge in [-0.15, -0.1) is 0 Å². The average Bonchev–Trinajstić information content (AvgIpc) is 3.19.